The molecular weight excluding hydrogens is 473 g/mol. The maximum atomic E-state index is 7.70. The SMILES string of the molecule is COc1ccc2cc(C/C=C/[C@@H](C)OC(=N)C(Cl)(Cl)Cl)c3cc(OC)c(OC)cc3c2c1. The average molecular weight is 497 g/mol. The number of alkyl halides is 3. The molecule has 0 spiro atoms. The van der Waals surface area contributed by atoms with Crippen LogP contribution in [0.1, 0.15) is 12.5 Å². The number of methoxy groups -OCH3 is 3. The Morgan fingerprint density at radius 3 is 2.19 bits per heavy atom. The van der Waals surface area contributed by atoms with Gasteiger partial charge < -0.3 is 18.9 Å². The Morgan fingerprint density at radius 2 is 1.59 bits per heavy atom. The van der Waals surface area contributed by atoms with E-state index >= 15 is 0 Å². The number of benzene rings is 3. The van der Waals surface area contributed by atoms with Crippen molar-refractivity contribution in [3.63, 3.8) is 0 Å². The number of hydrogen-bond donors (Lipinski definition) is 1. The monoisotopic (exact) mass is 495 g/mol. The predicted octanol–water partition coefficient (Wildman–Crippen LogP) is 6.87. The van der Waals surface area contributed by atoms with E-state index in [9.17, 15) is 0 Å². The molecule has 0 aliphatic heterocycles. The highest BCUT2D eigenvalue weighted by Crippen LogP contribution is 2.39. The van der Waals surface area contributed by atoms with E-state index in [4.69, 9.17) is 59.2 Å². The average Bonchev–Trinajstić information content (AvgIpc) is 2.77. The van der Waals surface area contributed by atoms with Gasteiger partial charge in [-0.25, -0.2) is 0 Å². The molecule has 0 aliphatic rings. The van der Waals surface area contributed by atoms with Crippen LogP contribution in [0.3, 0.4) is 0 Å². The lowest BCUT2D eigenvalue weighted by molar-refractivity contribution is 0.248. The Hall–Kier alpha value is -2.34. The standard InChI is InChI=1S/C24H24Cl3NO4/c1-14(32-23(28)24(25,26)27)6-5-7-15-10-16-8-9-17(29-2)11-18(16)20-13-22(31-4)21(30-3)12-19(15)20/h5-6,8-14,28H,7H2,1-4H3/b6-5+,28-23?/t14-/m1/s1. The molecule has 0 unspecified atom stereocenters. The van der Waals surface area contributed by atoms with Crippen LogP contribution in [-0.2, 0) is 11.2 Å². The normalized spacial score (nSPS) is 12.8. The van der Waals surface area contributed by atoms with Crippen molar-refractivity contribution in [2.75, 3.05) is 21.3 Å². The fourth-order valence-electron chi connectivity index (χ4n) is 3.50. The van der Waals surface area contributed by atoms with Gasteiger partial charge in [0.1, 0.15) is 11.9 Å². The first-order valence-electron chi connectivity index (χ1n) is 9.82. The van der Waals surface area contributed by atoms with Gasteiger partial charge in [-0.2, -0.15) is 0 Å². The molecule has 5 nitrogen and oxygen atoms in total. The van der Waals surface area contributed by atoms with Crippen LogP contribution in [0.15, 0.2) is 48.6 Å². The van der Waals surface area contributed by atoms with Crippen LogP contribution < -0.4 is 14.2 Å². The second kappa shape index (κ2) is 10.1. The van der Waals surface area contributed by atoms with E-state index in [1.165, 1.54) is 0 Å². The summed E-state index contributed by atoms with van der Waals surface area (Å²) in [4.78, 5) is 0. The fraction of sp³-hybridized carbons (Fsp3) is 0.292. The highest BCUT2D eigenvalue weighted by atomic mass is 35.6. The molecule has 0 aromatic heterocycles. The largest absolute Gasteiger partial charge is 0.497 e. The number of ether oxygens (including phenoxy) is 4. The third-order valence-corrected chi connectivity index (χ3v) is 5.57. The van der Waals surface area contributed by atoms with Crippen LogP contribution in [0.2, 0.25) is 0 Å². The summed E-state index contributed by atoms with van der Waals surface area (Å²) < 4.78 is 19.9. The van der Waals surface area contributed by atoms with Crippen LogP contribution in [-0.4, -0.2) is 37.1 Å². The van der Waals surface area contributed by atoms with E-state index in [0.717, 1.165) is 32.9 Å². The summed E-state index contributed by atoms with van der Waals surface area (Å²) in [6, 6.07) is 12.1. The molecule has 0 saturated heterocycles. The first-order chi connectivity index (χ1) is 15.2. The summed E-state index contributed by atoms with van der Waals surface area (Å²) in [5.74, 6) is 1.68. The predicted molar refractivity (Wildman–Crippen MR) is 133 cm³/mol. The fourth-order valence-corrected chi connectivity index (χ4v) is 3.64. The van der Waals surface area contributed by atoms with Crippen molar-refractivity contribution in [1.29, 1.82) is 5.41 Å². The van der Waals surface area contributed by atoms with Crippen molar-refractivity contribution in [3.05, 3.63) is 54.1 Å². The summed E-state index contributed by atoms with van der Waals surface area (Å²) in [5, 5.41) is 11.9. The van der Waals surface area contributed by atoms with E-state index in [2.05, 4.69) is 6.07 Å². The van der Waals surface area contributed by atoms with Crippen molar-refractivity contribution in [2.24, 2.45) is 0 Å². The number of hydrogen-bond acceptors (Lipinski definition) is 5. The molecule has 8 heteroatoms. The Morgan fingerprint density at radius 1 is 0.938 bits per heavy atom. The van der Waals surface area contributed by atoms with Crippen molar-refractivity contribution in [3.8, 4) is 17.2 Å². The number of rotatable bonds is 7. The molecule has 0 radical (unpaired) electrons. The Labute approximate surface area is 202 Å². The van der Waals surface area contributed by atoms with Gasteiger partial charge in [-0.3, -0.25) is 5.41 Å². The Balaban J connectivity index is 2.02. The molecule has 0 aliphatic carbocycles. The lowest BCUT2D eigenvalue weighted by atomic mass is 9.94. The molecule has 3 rings (SSSR count). The third-order valence-electron chi connectivity index (χ3n) is 5.06. The summed E-state index contributed by atoms with van der Waals surface area (Å²) in [5.41, 5.74) is 1.10. The minimum atomic E-state index is -1.88. The van der Waals surface area contributed by atoms with Crippen molar-refractivity contribution < 1.29 is 18.9 Å². The molecule has 1 atom stereocenters. The van der Waals surface area contributed by atoms with Crippen LogP contribution in [0.25, 0.3) is 21.5 Å². The zero-order chi connectivity index (χ0) is 23.5. The second-order valence-corrected chi connectivity index (χ2v) is 9.44. The molecule has 1 N–H and O–H groups in total. The summed E-state index contributed by atoms with van der Waals surface area (Å²) in [6.07, 6.45) is 4.00. The van der Waals surface area contributed by atoms with Crippen LogP contribution >= 0.6 is 34.8 Å². The van der Waals surface area contributed by atoms with Crippen molar-refractivity contribution in [1.82, 2.24) is 0 Å². The van der Waals surface area contributed by atoms with E-state index in [0.29, 0.717) is 17.9 Å². The van der Waals surface area contributed by atoms with Crippen LogP contribution in [0, 0.1) is 5.41 Å². The van der Waals surface area contributed by atoms with E-state index in [-0.39, 0.29) is 0 Å². The van der Waals surface area contributed by atoms with Crippen molar-refractivity contribution >= 4 is 62.2 Å². The molecular formula is C24H24Cl3NO4. The van der Waals surface area contributed by atoms with Gasteiger partial charge in [-0.05, 0) is 70.8 Å². The van der Waals surface area contributed by atoms with Crippen molar-refractivity contribution in [2.45, 2.75) is 23.2 Å². The maximum absolute atomic E-state index is 7.70. The molecule has 0 amide bonds. The van der Waals surface area contributed by atoms with E-state index in [1.807, 2.05) is 42.5 Å². The summed E-state index contributed by atoms with van der Waals surface area (Å²) >= 11 is 17.0. The first kappa shape index (κ1) is 24.3. The van der Waals surface area contributed by atoms with Gasteiger partial charge in [0.15, 0.2) is 11.5 Å². The lowest BCUT2D eigenvalue weighted by Crippen LogP contribution is -2.24. The van der Waals surface area contributed by atoms with Crippen LogP contribution in [0.4, 0.5) is 0 Å². The molecule has 3 aromatic rings. The van der Waals surface area contributed by atoms with Gasteiger partial charge in [0.25, 0.3) is 3.79 Å². The molecule has 3 aromatic carbocycles. The van der Waals surface area contributed by atoms with Crippen LogP contribution in [0.5, 0.6) is 17.2 Å². The van der Waals surface area contributed by atoms with E-state index < -0.39 is 15.8 Å². The highest BCUT2D eigenvalue weighted by Gasteiger charge is 2.29. The second-order valence-electron chi connectivity index (χ2n) is 7.16. The topological polar surface area (TPSA) is 60.8 Å². The van der Waals surface area contributed by atoms with Gasteiger partial charge >= 0.3 is 0 Å². The zero-order valence-corrected chi connectivity index (χ0v) is 20.4. The first-order valence-corrected chi connectivity index (χ1v) is 11.0. The minimum Gasteiger partial charge on any atom is -0.497 e. The molecule has 0 saturated carbocycles. The minimum absolute atomic E-state index is 0.415. The Bertz CT molecular complexity index is 1170. The number of nitrogens with one attached hydrogen (secondary N) is 1. The number of allylic oxidation sites excluding steroid dienone is 1. The zero-order valence-electron chi connectivity index (χ0n) is 18.2. The highest BCUT2D eigenvalue weighted by molar-refractivity contribution is 6.76. The maximum Gasteiger partial charge on any atom is 0.265 e. The van der Waals surface area contributed by atoms with Gasteiger partial charge in [0.05, 0.1) is 21.3 Å². The number of halogens is 3. The third kappa shape index (κ3) is 5.34. The molecule has 32 heavy (non-hydrogen) atoms. The van der Waals surface area contributed by atoms with E-state index in [1.54, 1.807) is 28.3 Å². The molecule has 0 bridgehead atoms. The smallest absolute Gasteiger partial charge is 0.265 e. The summed E-state index contributed by atoms with van der Waals surface area (Å²) in [7, 11) is 4.89. The number of fused-ring (bicyclic) bond motifs is 3. The van der Waals surface area contributed by atoms with Gasteiger partial charge in [0.2, 0.25) is 5.90 Å². The van der Waals surface area contributed by atoms with Gasteiger partial charge in [0, 0.05) is 0 Å². The lowest BCUT2D eigenvalue weighted by Gasteiger charge is -2.17. The van der Waals surface area contributed by atoms with Gasteiger partial charge in [-0.15, -0.1) is 0 Å². The molecule has 0 fully saturated rings. The summed E-state index contributed by atoms with van der Waals surface area (Å²) in [6.45, 7) is 1.78. The van der Waals surface area contributed by atoms with Gasteiger partial charge in [-0.1, -0.05) is 53.0 Å². The Kier molecular flexibility index (Phi) is 7.65. The molecule has 0 heterocycles. The molecule has 170 valence electrons. The quantitative estimate of drug-likeness (QED) is 0.127.